The summed E-state index contributed by atoms with van der Waals surface area (Å²) in [6.07, 6.45) is 3.15. The van der Waals surface area contributed by atoms with E-state index in [2.05, 4.69) is 6.92 Å². The van der Waals surface area contributed by atoms with Gasteiger partial charge >= 0.3 is 11.9 Å². The smallest absolute Gasteiger partial charge is 0.347 e. The molecule has 18 heavy (non-hydrogen) atoms. The first-order chi connectivity index (χ1) is 8.35. The van der Waals surface area contributed by atoms with E-state index in [4.69, 9.17) is 9.47 Å². The van der Waals surface area contributed by atoms with Crippen LogP contribution >= 0.6 is 0 Å². The molecule has 0 saturated carbocycles. The minimum atomic E-state index is -0.831. The summed E-state index contributed by atoms with van der Waals surface area (Å²) in [7, 11) is 0. The van der Waals surface area contributed by atoms with Crippen LogP contribution in [0.5, 0.6) is 0 Å². The van der Waals surface area contributed by atoms with Crippen molar-refractivity contribution in [2.75, 3.05) is 6.61 Å². The van der Waals surface area contributed by atoms with E-state index < -0.39 is 17.5 Å². The van der Waals surface area contributed by atoms with Crippen LogP contribution in [0.3, 0.4) is 0 Å². The summed E-state index contributed by atoms with van der Waals surface area (Å²) in [5.74, 6) is -0.825. The van der Waals surface area contributed by atoms with Crippen molar-refractivity contribution in [3.05, 3.63) is 0 Å². The third-order valence-electron chi connectivity index (χ3n) is 2.86. The van der Waals surface area contributed by atoms with E-state index in [1.54, 1.807) is 6.92 Å². The van der Waals surface area contributed by atoms with E-state index in [1.807, 2.05) is 13.8 Å². The minimum Gasteiger partial charge on any atom is -0.463 e. The Morgan fingerprint density at radius 2 is 1.78 bits per heavy atom. The molecule has 0 heterocycles. The average molecular weight is 258 g/mol. The Morgan fingerprint density at radius 3 is 2.28 bits per heavy atom. The quantitative estimate of drug-likeness (QED) is 0.496. The van der Waals surface area contributed by atoms with Crippen LogP contribution in [-0.4, -0.2) is 24.6 Å². The summed E-state index contributed by atoms with van der Waals surface area (Å²) < 4.78 is 9.95. The van der Waals surface area contributed by atoms with E-state index in [0.717, 1.165) is 25.7 Å². The van der Waals surface area contributed by atoms with Gasteiger partial charge in [0.1, 0.15) is 0 Å². The molecule has 4 nitrogen and oxygen atoms in total. The molecule has 4 heteroatoms. The number of unbranched alkanes of at least 4 members (excludes halogenated alkanes) is 2. The van der Waals surface area contributed by atoms with Gasteiger partial charge < -0.3 is 9.47 Å². The van der Waals surface area contributed by atoms with Crippen molar-refractivity contribution in [2.24, 2.45) is 5.41 Å². The molecule has 1 unspecified atom stereocenters. The average Bonchev–Trinajstić information content (AvgIpc) is 2.29. The second-order valence-electron chi connectivity index (χ2n) is 5.14. The van der Waals surface area contributed by atoms with E-state index in [0.29, 0.717) is 6.61 Å². The van der Waals surface area contributed by atoms with Crippen LogP contribution in [-0.2, 0) is 19.1 Å². The standard InChI is InChI=1S/C14H26O4/c1-6-8-9-10-14(4,5)13(16)18-11(3)12(15)17-7-2/h11H,6-10H2,1-5H3. The van der Waals surface area contributed by atoms with Gasteiger partial charge in [0.15, 0.2) is 6.10 Å². The summed E-state index contributed by atoms with van der Waals surface area (Å²) in [4.78, 5) is 23.3. The highest BCUT2D eigenvalue weighted by Gasteiger charge is 2.31. The summed E-state index contributed by atoms with van der Waals surface area (Å²) in [5.41, 5.74) is -0.546. The van der Waals surface area contributed by atoms with Gasteiger partial charge in [0.05, 0.1) is 12.0 Å². The van der Waals surface area contributed by atoms with Crippen molar-refractivity contribution < 1.29 is 19.1 Å². The third kappa shape index (κ3) is 6.03. The molecule has 1 atom stereocenters. The SMILES string of the molecule is CCCCCC(C)(C)C(=O)OC(C)C(=O)OCC. The van der Waals surface area contributed by atoms with Crippen LogP contribution in [0.1, 0.15) is 60.3 Å². The van der Waals surface area contributed by atoms with Crippen molar-refractivity contribution in [3.63, 3.8) is 0 Å². The first-order valence-corrected chi connectivity index (χ1v) is 6.72. The molecule has 0 saturated heterocycles. The molecule has 0 aliphatic carbocycles. The second kappa shape index (κ2) is 8.11. The van der Waals surface area contributed by atoms with Crippen LogP contribution in [0.4, 0.5) is 0 Å². The van der Waals surface area contributed by atoms with Gasteiger partial charge in [-0.2, -0.15) is 0 Å². The molecule has 0 radical (unpaired) electrons. The first kappa shape index (κ1) is 16.9. The van der Waals surface area contributed by atoms with E-state index in [9.17, 15) is 9.59 Å². The van der Waals surface area contributed by atoms with E-state index in [-0.39, 0.29) is 5.97 Å². The van der Waals surface area contributed by atoms with Crippen molar-refractivity contribution in [3.8, 4) is 0 Å². The van der Waals surface area contributed by atoms with Crippen molar-refractivity contribution in [1.82, 2.24) is 0 Å². The van der Waals surface area contributed by atoms with Crippen LogP contribution in [0.15, 0.2) is 0 Å². The molecule has 0 aromatic heterocycles. The number of ether oxygens (including phenoxy) is 2. The lowest BCUT2D eigenvalue weighted by molar-refractivity contribution is -0.172. The molecule has 0 aliphatic rings. The molecule has 0 bridgehead atoms. The maximum Gasteiger partial charge on any atom is 0.347 e. The van der Waals surface area contributed by atoms with Crippen LogP contribution in [0, 0.1) is 5.41 Å². The molecule has 0 rings (SSSR count). The lowest BCUT2D eigenvalue weighted by Crippen LogP contribution is -2.33. The predicted octanol–water partition coefficient (Wildman–Crippen LogP) is 3.09. The maximum absolute atomic E-state index is 11.9. The molecule has 106 valence electrons. The Bertz CT molecular complexity index is 271. The predicted molar refractivity (Wildman–Crippen MR) is 70.1 cm³/mol. The Labute approximate surface area is 110 Å². The molecule has 0 aromatic rings. The van der Waals surface area contributed by atoms with Crippen molar-refractivity contribution >= 4 is 11.9 Å². The zero-order chi connectivity index (χ0) is 14.2. The maximum atomic E-state index is 11.9. The van der Waals surface area contributed by atoms with Gasteiger partial charge in [-0.25, -0.2) is 4.79 Å². The Morgan fingerprint density at radius 1 is 1.17 bits per heavy atom. The largest absolute Gasteiger partial charge is 0.463 e. The molecule has 0 fully saturated rings. The fourth-order valence-electron chi connectivity index (χ4n) is 1.55. The van der Waals surface area contributed by atoms with Gasteiger partial charge in [0.2, 0.25) is 0 Å². The third-order valence-corrected chi connectivity index (χ3v) is 2.86. The zero-order valence-electron chi connectivity index (χ0n) is 12.2. The van der Waals surface area contributed by atoms with Gasteiger partial charge in [-0.15, -0.1) is 0 Å². The number of esters is 2. The lowest BCUT2D eigenvalue weighted by Gasteiger charge is -2.24. The second-order valence-corrected chi connectivity index (χ2v) is 5.14. The molecular formula is C14H26O4. The van der Waals surface area contributed by atoms with Gasteiger partial charge in [0.25, 0.3) is 0 Å². The van der Waals surface area contributed by atoms with E-state index >= 15 is 0 Å². The molecule has 0 aliphatic heterocycles. The summed E-state index contributed by atoms with van der Waals surface area (Å²) in [5, 5.41) is 0. The lowest BCUT2D eigenvalue weighted by atomic mass is 9.87. The fraction of sp³-hybridized carbons (Fsp3) is 0.857. The fourth-order valence-corrected chi connectivity index (χ4v) is 1.55. The Hall–Kier alpha value is -1.06. The van der Waals surface area contributed by atoms with Crippen LogP contribution in [0.25, 0.3) is 0 Å². The number of carbonyl (C=O) groups excluding carboxylic acids is 2. The number of hydrogen-bond donors (Lipinski definition) is 0. The van der Waals surface area contributed by atoms with Gasteiger partial charge in [-0.1, -0.05) is 26.2 Å². The van der Waals surface area contributed by atoms with Crippen molar-refractivity contribution in [2.45, 2.75) is 66.4 Å². The van der Waals surface area contributed by atoms with Crippen molar-refractivity contribution in [1.29, 1.82) is 0 Å². The van der Waals surface area contributed by atoms with Crippen LogP contribution < -0.4 is 0 Å². The minimum absolute atomic E-state index is 0.292. The van der Waals surface area contributed by atoms with Crippen LogP contribution in [0.2, 0.25) is 0 Å². The highest BCUT2D eigenvalue weighted by Crippen LogP contribution is 2.26. The summed E-state index contributed by atoms with van der Waals surface area (Å²) in [6, 6.07) is 0. The first-order valence-electron chi connectivity index (χ1n) is 6.72. The molecule has 0 aromatic carbocycles. The monoisotopic (exact) mass is 258 g/mol. The topological polar surface area (TPSA) is 52.6 Å². The molecule has 0 spiro atoms. The molecule has 0 N–H and O–H groups in total. The Kier molecular flexibility index (Phi) is 7.64. The summed E-state index contributed by atoms with van der Waals surface area (Å²) in [6.45, 7) is 9.37. The number of carbonyl (C=O) groups is 2. The Balaban J connectivity index is 4.24. The summed E-state index contributed by atoms with van der Waals surface area (Å²) >= 11 is 0. The highest BCUT2D eigenvalue weighted by atomic mass is 16.6. The number of rotatable bonds is 8. The number of hydrogen-bond acceptors (Lipinski definition) is 4. The molecular weight excluding hydrogens is 232 g/mol. The van der Waals surface area contributed by atoms with Gasteiger partial charge in [-0.3, -0.25) is 4.79 Å². The van der Waals surface area contributed by atoms with Gasteiger partial charge in [0, 0.05) is 0 Å². The van der Waals surface area contributed by atoms with E-state index in [1.165, 1.54) is 6.92 Å². The normalized spacial score (nSPS) is 12.9. The van der Waals surface area contributed by atoms with Gasteiger partial charge in [-0.05, 0) is 34.1 Å². The highest BCUT2D eigenvalue weighted by molar-refractivity contribution is 5.81. The molecule has 0 amide bonds. The zero-order valence-corrected chi connectivity index (χ0v) is 12.2.